The fraction of sp³-hybridized carbons (Fsp3) is 0.625. The van der Waals surface area contributed by atoms with Crippen LogP contribution in [-0.4, -0.2) is 24.3 Å². The lowest BCUT2D eigenvalue weighted by atomic mass is 9.66. The molecule has 0 aromatic heterocycles. The Morgan fingerprint density at radius 1 is 1.47 bits per heavy atom. The Kier molecular flexibility index (Phi) is 4.26. The summed E-state index contributed by atoms with van der Waals surface area (Å²) in [5.74, 6) is 0.249. The smallest absolute Gasteiger partial charge is 0.123 e. The van der Waals surface area contributed by atoms with Crippen LogP contribution in [0.3, 0.4) is 0 Å². The molecule has 2 unspecified atom stereocenters. The largest absolute Gasteiger partial charge is 0.389 e. The van der Waals surface area contributed by atoms with Crippen LogP contribution in [0, 0.1) is 11.7 Å². The van der Waals surface area contributed by atoms with Gasteiger partial charge in [-0.2, -0.15) is 0 Å². The average molecular weight is 265 g/mol. The van der Waals surface area contributed by atoms with E-state index in [1.54, 1.807) is 6.07 Å². The van der Waals surface area contributed by atoms with E-state index in [0.29, 0.717) is 12.3 Å². The quantitative estimate of drug-likeness (QED) is 0.877. The molecule has 1 aliphatic rings. The van der Waals surface area contributed by atoms with Crippen LogP contribution in [0.4, 0.5) is 4.39 Å². The predicted octanol–water partition coefficient (Wildman–Crippen LogP) is 2.85. The van der Waals surface area contributed by atoms with Crippen molar-refractivity contribution < 1.29 is 9.50 Å². The lowest BCUT2D eigenvalue weighted by Gasteiger charge is -2.43. The van der Waals surface area contributed by atoms with Gasteiger partial charge in [0.25, 0.3) is 0 Å². The van der Waals surface area contributed by atoms with Gasteiger partial charge >= 0.3 is 0 Å². The molecule has 2 atom stereocenters. The van der Waals surface area contributed by atoms with E-state index < -0.39 is 5.60 Å². The van der Waals surface area contributed by atoms with Crippen molar-refractivity contribution in [2.24, 2.45) is 5.92 Å². The van der Waals surface area contributed by atoms with Gasteiger partial charge in [0, 0.05) is 5.92 Å². The fourth-order valence-corrected chi connectivity index (χ4v) is 3.49. The second-order valence-corrected chi connectivity index (χ2v) is 6.02. The molecule has 1 aromatic rings. The summed E-state index contributed by atoms with van der Waals surface area (Å²) in [7, 11) is 1.90. The maximum Gasteiger partial charge on any atom is 0.123 e. The third-order valence-electron chi connectivity index (χ3n) is 4.32. The van der Waals surface area contributed by atoms with Gasteiger partial charge in [0.2, 0.25) is 0 Å². The molecular weight excluding hydrogens is 241 g/mol. The number of hydrogen-bond acceptors (Lipinski definition) is 2. The first-order valence-corrected chi connectivity index (χ1v) is 7.13. The number of fused-ring (bicyclic) bond motifs is 1. The Bertz CT molecular complexity index is 446. The van der Waals surface area contributed by atoms with E-state index in [1.165, 1.54) is 6.07 Å². The van der Waals surface area contributed by atoms with Crippen LogP contribution in [0.2, 0.25) is 0 Å². The molecule has 2 nitrogen and oxygen atoms in total. The summed E-state index contributed by atoms with van der Waals surface area (Å²) in [6.45, 7) is 5.07. The van der Waals surface area contributed by atoms with Crippen LogP contribution in [0.1, 0.15) is 43.7 Å². The summed E-state index contributed by atoms with van der Waals surface area (Å²) in [6.07, 6.45) is 2.22. The van der Waals surface area contributed by atoms with E-state index >= 15 is 0 Å². The minimum absolute atomic E-state index is 0.0881. The highest BCUT2D eigenvalue weighted by Gasteiger charge is 2.42. The number of aliphatic hydroxyl groups is 1. The normalized spacial score (nSPS) is 26.5. The van der Waals surface area contributed by atoms with E-state index in [2.05, 4.69) is 19.2 Å². The van der Waals surface area contributed by atoms with Gasteiger partial charge in [-0.1, -0.05) is 19.9 Å². The number of aryl methyl sites for hydroxylation is 1. The van der Waals surface area contributed by atoms with E-state index in [0.717, 1.165) is 30.5 Å². The molecule has 0 radical (unpaired) electrons. The Morgan fingerprint density at radius 2 is 2.21 bits per heavy atom. The zero-order valence-electron chi connectivity index (χ0n) is 12.0. The van der Waals surface area contributed by atoms with Gasteiger partial charge in [-0.3, -0.25) is 0 Å². The molecule has 0 fully saturated rings. The molecule has 106 valence electrons. The van der Waals surface area contributed by atoms with Crippen LogP contribution < -0.4 is 5.32 Å². The summed E-state index contributed by atoms with van der Waals surface area (Å²) < 4.78 is 13.3. The topological polar surface area (TPSA) is 32.3 Å². The number of rotatable bonds is 4. The van der Waals surface area contributed by atoms with Gasteiger partial charge in [-0.05, 0) is 62.0 Å². The number of hydrogen-bond donors (Lipinski definition) is 2. The molecule has 0 saturated heterocycles. The first-order valence-electron chi connectivity index (χ1n) is 7.13. The van der Waals surface area contributed by atoms with Crippen molar-refractivity contribution in [2.75, 3.05) is 13.6 Å². The highest BCUT2D eigenvalue weighted by Crippen LogP contribution is 2.45. The standard InChI is InChI=1S/C16H24FNO/c1-11(2)15-14-5-4-13(17)10-12(14)6-7-16(15,19)8-9-18-3/h4-5,10-11,15,18-19H,6-9H2,1-3H3. The first kappa shape index (κ1) is 14.5. The summed E-state index contributed by atoms with van der Waals surface area (Å²) in [4.78, 5) is 0. The van der Waals surface area contributed by atoms with Gasteiger partial charge in [-0.25, -0.2) is 4.39 Å². The fourth-order valence-electron chi connectivity index (χ4n) is 3.49. The number of benzene rings is 1. The Morgan fingerprint density at radius 3 is 2.84 bits per heavy atom. The van der Waals surface area contributed by atoms with Crippen molar-refractivity contribution in [1.82, 2.24) is 5.32 Å². The van der Waals surface area contributed by atoms with E-state index in [9.17, 15) is 9.50 Å². The molecule has 0 saturated carbocycles. The van der Waals surface area contributed by atoms with Crippen LogP contribution in [0.25, 0.3) is 0 Å². The van der Waals surface area contributed by atoms with Gasteiger partial charge in [0.05, 0.1) is 5.60 Å². The molecule has 1 aliphatic carbocycles. The zero-order valence-corrected chi connectivity index (χ0v) is 12.0. The summed E-state index contributed by atoms with van der Waals surface area (Å²) in [5.41, 5.74) is 1.51. The molecule has 3 heteroatoms. The molecule has 19 heavy (non-hydrogen) atoms. The van der Waals surface area contributed by atoms with Crippen LogP contribution in [-0.2, 0) is 6.42 Å². The molecule has 0 amide bonds. The second-order valence-electron chi connectivity index (χ2n) is 6.02. The minimum atomic E-state index is -0.679. The van der Waals surface area contributed by atoms with E-state index in [4.69, 9.17) is 0 Å². The molecule has 2 rings (SSSR count). The van der Waals surface area contributed by atoms with Crippen LogP contribution in [0.5, 0.6) is 0 Å². The van der Waals surface area contributed by atoms with E-state index in [-0.39, 0.29) is 11.7 Å². The second kappa shape index (κ2) is 5.59. The van der Waals surface area contributed by atoms with Crippen LogP contribution >= 0.6 is 0 Å². The maximum atomic E-state index is 13.3. The average Bonchev–Trinajstić information content (AvgIpc) is 2.36. The zero-order chi connectivity index (χ0) is 14.0. The maximum absolute atomic E-state index is 13.3. The monoisotopic (exact) mass is 265 g/mol. The number of nitrogens with one attached hydrogen (secondary N) is 1. The van der Waals surface area contributed by atoms with Gasteiger partial charge in [0.1, 0.15) is 5.82 Å². The van der Waals surface area contributed by atoms with Crippen molar-refractivity contribution in [1.29, 1.82) is 0 Å². The highest BCUT2D eigenvalue weighted by molar-refractivity contribution is 5.36. The first-order chi connectivity index (χ1) is 8.98. The summed E-state index contributed by atoms with van der Waals surface area (Å²) in [6, 6.07) is 5.00. The molecule has 0 aliphatic heterocycles. The SMILES string of the molecule is CNCCC1(O)CCc2cc(F)ccc2C1C(C)C. The Hall–Kier alpha value is -0.930. The van der Waals surface area contributed by atoms with Crippen molar-refractivity contribution in [3.8, 4) is 0 Å². The minimum Gasteiger partial charge on any atom is -0.389 e. The van der Waals surface area contributed by atoms with Crippen LogP contribution in [0.15, 0.2) is 18.2 Å². The highest BCUT2D eigenvalue weighted by atomic mass is 19.1. The van der Waals surface area contributed by atoms with Crippen molar-refractivity contribution in [3.05, 3.63) is 35.1 Å². The van der Waals surface area contributed by atoms with Gasteiger partial charge in [-0.15, -0.1) is 0 Å². The molecule has 0 bridgehead atoms. The predicted molar refractivity (Wildman–Crippen MR) is 75.8 cm³/mol. The third kappa shape index (κ3) is 2.82. The van der Waals surface area contributed by atoms with Crippen molar-refractivity contribution in [2.45, 2.75) is 44.6 Å². The number of halogens is 1. The Labute approximate surface area is 115 Å². The molecular formula is C16H24FNO. The molecule has 1 aromatic carbocycles. The lowest BCUT2D eigenvalue weighted by Crippen LogP contribution is -2.44. The molecule has 0 spiro atoms. The summed E-state index contributed by atoms with van der Waals surface area (Å²) >= 11 is 0. The molecule has 2 N–H and O–H groups in total. The Balaban J connectivity index is 2.38. The summed E-state index contributed by atoms with van der Waals surface area (Å²) in [5, 5.41) is 14.1. The van der Waals surface area contributed by atoms with Gasteiger partial charge in [0.15, 0.2) is 0 Å². The lowest BCUT2D eigenvalue weighted by molar-refractivity contribution is -0.0238. The van der Waals surface area contributed by atoms with Gasteiger partial charge < -0.3 is 10.4 Å². The van der Waals surface area contributed by atoms with Crippen molar-refractivity contribution >= 4 is 0 Å². The van der Waals surface area contributed by atoms with Crippen molar-refractivity contribution in [3.63, 3.8) is 0 Å². The molecule has 0 heterocycles. The van der Waals surface area contributed by atoms with E-state index in [1.807, 2.05) is 13.1 Å². The third-order valence-corrected chi connectivity index (χ3v) is 4.32.